The van der Waals surface area contributed by atoms with Crippen LogP contribution in [-0.4, -0.2) is 40.8 Å². The van der Waals surface area contributed by atoms with E-state index in [-0.39, 0.29) is 12.0 Å². The van der Waals surface area contributed by atoms with Gasteiger partial charge in [-0.1, -0.05) is 18.2 Å². The predicted molar refractivity (Wildman–Crippen MR) is 135 cm³/mol. The van der Waals surface area contributed by atoms with E-state index in [0.29, 0.717) is 18.5 Å². The molecule has 0 aliphatic carbocycles. The molecule has 0 bridgehead atoms. The maximum atomic E-state index is 12.5. The zero-order valence-corrected chi connectivity index (χ0v) is 20.8. The number of benzene rings is 2. The highest BCUT2D eigenvalue weighted by Gasteiger charge is 2.21. The number of hydrogen-bond donors (Lipinski definition) is 3. The van der Waals surface area contributed by atoms with Crippen LogP contribution >= 0.6 is 0 Å². The summed E-state index contributed by atoms with van der Waals surface area (Å²) in [5, 5.41) is 7.47. The Balaban J connectivity index is 1.69. The molecule has 0 aliphatic rings. The van der Waals surface area contributed by atoms with Gasteiger partial charge in [0, 0.05) is 29.3 Å². The molecule has 1 heterocycles. The number of anilines is 1. The fraction of sp³-hybridized carbons (Fsp3) is 0.407. The molecule has 0 spiro atoms. The fourth-order valence-electron chi connectivity index (χ4n) is 3.52. The third-order valence-corrected chi connectivity index (χ3v) is 4.93. The number of nitrogens with one attached hydrogen (secondary N) is 3. The Labute approximate surface area is 201 Å². The lowest BCUT2D eigenvalue weighted by Gasteiger charge is -2.24. The lowest BCUT2D eigenvalue weighted by Crippen LogP contribution is -2.43. The number of amides is 1. The van der Waals surface area contributed by atoms with Crippen molar-refractivity contribution in [3.05, 3.63) is 65.9 Å². The molecule has 0 saturated carbocycles. The van der Waals surface area contributed by atoms with Crippen molar-refractivity contribution < 1.29 is 19.1 Å². The number of esters is 1. The molecule has 1 atom stereocenters. The molecule has 7 heteroatoms. The summed E-state index contributed by atoms with van der Waals surface area (Å²) in [5.74, 6) is -0.358. The van der Waals surface area contributed by atoms with Crippen molar-refractivity contribution in [3.8, 4) is 0 Å². The van der Waals surface area contributed by atoms with Gasteiger partial charge in [-0.15, -0.1) is 0 Å². The normalized spacial score (nSPS) is 12.8. The second-order valence-corrected chi connectivity index (χ2v) is 10.4. The standard InChI is InChI=1S/C27H35N3O4/c1-26(2,3)33-24(31)18-11-13-20(14-12-18)28-17-21(30-25(32)34-27(4,5)6)15-19-16-29-23-10-8-7-9-22(19)23/h7-14,16,21,28-29H,15,17H2,1-6H3,(H,30,32)/t21-/m0/s1. The van der Waals surface area contributed by atoms with Crippen LogP contribution in [-0.2, 0) is 15.9 Å². The molecular weight excluding hydrogens is 430 g/mol. The van der Waals surface area contributed by atoms with E-state index in [9.17, 15) is 9.59 Å². The van der Waals surface area contributed by atoms with Crippen LogP contribution < -0.4 is 10.6 Å². The van der Waals surface area contributed by atoms with Crippen molar-refractivity contribution in [1.82, 2.24) is 10.3 Å². The first-order valence-electron chi connectivity index (χ1n) is 11.5. The van der Waals surface area contributed by atoms with Gasteiger partial charge in [-0.2, -0.15) is 0 Å². The van der Waals surface area contributed by atoms with Gasteiger partial charge in [0.2, 0.25) is 0 Å². The van der Waals surface area contributed by atoms with E-state index in [1.807, 2.05) is 78.1 Å². The largest absolute Gasteiger partial charge is 0.456 e. The SMILES string of the molecule is CC(C)(C)OC(=O)N[C@H](CNc1ccc(C(=O)OC(C)(C)C)cc1)Cc1c[nH]c2ccccc12. The number of hydrogen-bond acceptors (Lipinski definition) is 5. The number of fused-ring (bicyclic) bond motifs is 1. The van der Waals surface area contributed by atoms with Crippen LogP contribution in [0, 0.1) is 0 Å². The highest BCUT2D eigenvalue weighted by molar-refractivity contribution is 5.90. The van der Waals surface area contributed by atoms with E-state index in [2.05, 4.69) is 21.7 Å². The Morgan fingerprint density at radius 2 is 1.56 bits per heavy atom. The van der Waals surface area contributed by atoms with Gasteiger partial charge in [-0.3, -0.25) is 0 Å². The molecule has 1 amide bonds. The number of aromatic nitrogens is 1. The van der Waals surface area contributed by atoms with E-state index in [0.717, 1.165) is 22.2 Å². The first kappa shape index (κ1) is 25.1. The Bertz CT molecular complexity index is 1120. The van der Waals surface area contributed by atoms with Crippen molar-refractivity contribution in [2.45, 2.75) is 65.2 Å². The van der Waals surface area contributed by atoms with Crippen molar-refractivity contribution in [1.29, 1.82) is 0 Å². The van der Waals surface area contributed by atoms with Crippen LogP contribution in [0.25, 0.3) is 10.9 Å². The van der Waals surface area contributed by atoms with E-state index in [4.69, 9.17) is 9.47 Å². The van der Waals surface area contributed by atoms with Crippen molar-refractivity contribution >= 4 is 28.7 Å². The monoisotopic (exact) mass is 465 g/mol. The van der Waals surface area contributed by atoms with Crippen LogP contribution in [0.1, 0.15) is 57.5 Å². The second kappa shape index (κ2) is 10.2. The summed E-state index contributed by atoms with van der Waals surface area (Å²) in [6.45, 7) is 11.5. The number of aromatic amines is 1. The maximum Gasteiger partial charge on any atom is 0.407 e. The third-order valence-electron chi connectivity index (χ3n) is 4.93. The van der Waals surface area contributed by atoms with Gasteiger partial charge in [-0.05, 0) is 83.9 Å². The van der Waals surface area contributed by atoms with Gasteiger partial charge in [0.05, 0.1) is 11.6 Å². The second-order valence-electron chi connectivity index (χ2n) is 10.4. The van der Waals surface area contributed by atoms with Gasteiger partial charge >= 0.3 is 12.1 Å². The van der Waals surface area contributed by atoms with E-state index < -0.39 is 17.3 Å². The molecule has 2 aromatic carbocycles. The number of ether oxygens (including phenoxy) is 2. The van der Waals surface area contributed by atoms with Crippen molar-refractivity contribution in [2.75, 3.05) is 11.9 Å². The molecule has 3 rings (SSSR count). The van der Waals surface area contributed by atoms with Crippen LogP contribution in [0.2, 0.25) is 0 Å². The Morgan fingerprint density at radius 1 is 0.912 bits per heavy atom. The molecule has 7 nitrogen and oxygen atoms in total. The van der Waals surface area contributed by atoms with E-state index >= 15 is 0 Å². The number of alkyl carbamates (subject to hydrolysis) is 1. The summed E-state index contributed by atoms with van der Waals surface area (Å²) in [4.78, 5) is 28.0. The summed E-state index contributed by atoms with van der Waals surface area (Å²) in [5.41, 5.74) is 2.36. The first-order chi connectivity index (χ1) is 15.9. The number of carbonyl (C=O) groups excluding carboxylic acids is 2. The van der Waals surface area contributed by atoms with Gasteiger partial charge in [0.15, 0.2) is 0 Å². The lowest BCUT2D eigenvalue weighted by atomic mass is 10.0. The smallest absolute Gasteiger partial charge is 0.407 e. The minimum absolute atomic E-state index is 0.223. The molecule has 3 aromatic rings. The highest BCUT2D eigenvalue weighted by Crippen LogP contribution is 2.20. The molecule has 0 fully saturated rings. The number of H-pyrrole nitrogens is 1. The van der Waals surface area contributed by atoms with Crippen LogP contribution in [0.15, 0.2) is 54.7 Å². The van der Waals surface area contributed by atoms with Gasteiger partial charge in [0.25, 0.3) is 0 Å². The van der Waals surface area contributed by atoms with Crippen LogP contribution in [0.5, 0.6) is 0 Å². The first-order valence-corrected chi connectivity index (χ1v) is 11.5. The van der Waals surface area contributed by atoms with Gasteiger partial charge in [0.1, 0.15) is 11.2 Å². The molecular formula is C27H35N3O4. The summed E-state index contributed by atoms with van der Waals surface area (Å²) in [7, 11) is 0. The van der Waals surface area contributed by atoms with Crippen LogP contribution in [0.3, 0.4) is 0 Å². The molecule has 1 aromatic heterocycles. The summed E-state index contributed by atoms with van der Waals surface area (Å²) in [6.07, 6.45) is 2.13. The number of para-hydroxylation sites is 1. The average Bonchev–Trinajstić information content (AvgIpc) is 3.12. The summed E-state index contributed by atoms with van der Waals surface area (Å²) in [6, 6.07) is 15.0. The quantitative estimate of drug-likeness (QED) is 0.391. The third kappa shape index (κ3) is 7.54. The van der Waals surface area contributed by atoms with Crippen LogP contribution in [0.4, 0.5) is 10.5 Å². The highest BCUT2D eigenvalue weighted by atomic mass is 16.6. The topological polar surface area (TPSA) is 92.5 Å². The molecule has 0 radical (unpaired) electrons. The fourth-order valence-corrected chi connectivity index (χ4v) is 3.52. The molecule has 34 heavy (non-hydrogen) atoms. The zero-order chi connectivity index (χ0) is 24.9. The van der Waals surface area contributed by atoms with Crippen molar-refractivity contribution in [3.63, 3.8) is 0 Å². The van der Waals surface area contributed by atoms with E-state index in [1.54, 1.807) is 12.1 Å². The predicted octanol–water partition coefficient (Wildman–Crippen LogP) is 5.67. The maximum absolute atomic E-state index is 12.5. The van der Waals surface area contributed by atoms with Crippen molar-refractivity contribution in [2.24, 2.45) is 0 Å². The minimum atomic E-state index is -0.583. The minimum Gasteiger partial charge on any atom is -0.456 e. The van der Waals surface area contributed by atoms with E-state index in [1.165, 1.54) is 0 Å². The molecule has 0 saturated heterocycles. The average molecular weight is 466 g/mol. The lowest BCUT2D eigenvalue weighted by molar-refractivity contribution is 0.00692. The zero-order valence-electron chi connectivity index (χ0n) is 20.8. The number of carbonyl (C=O) groups is 2. The molecule has 0 aliphatic heterocycles. The Morgan fingerprint density at radius 3 is 2.21 bits per heavy atom. The Hall–Kier alpha value is -3.48. The molecule has 3 N–H and O–H groups in total. The summed E-state index contributed by atoms with van der Waals surface area (Å²) >= 11 is 0. The Kier molecular flexibility index (Phi) is 7.54. The number of rotatable bonds is 7. The molecule has 182 valence electrons. The van der Waals surface area contributed by atoms with Gasteiger partial charge < -0.3 is 25.1 Å². The van der Waals surface area contributed by atoms with Gasteiger partial charge in [-0.25, -0.2) is 9.59 Å². The summed E-state index contributed by atoms with van der Waals surface area (Å²) < 4.78 is 10.9. The molecule has 0 unspecified atom stereocenters.